The molecule has 0 atom stereocenters. The highest BCUT2D eigenvalue weighted by Gasteiger charge is 2.41. The molecule has 2 aromatic heterocycles. The molecule has 12 rings (SSSR count). The molecule has 0 spiro atoms. The van der Waals surface area contributed by atoms with Gasteiger partial charge in [0.25, 0.3) is 0 Å². The molecule has 0 unspecified atom stereocenters. The largest absolute Gasteiger partial charge is 0.309 e. The van der Waals surface area contributed by atoms with Crippen LogP contribution in [-0.4, -0.2) is 17.2 Å². The molecule has 0 saturated carbocycles. The van der Waals surface area contributed by atoms with Crippen LogP contribution in [0.15, 0.2) is 255 Å². The maximum Gasteiger partial charge on any atom is 0.179 e. The average Bonchev–Trinajstić information content (AvgIpc) is 3.88. The second-order valence-corrected chi connectivity index (χ2v) is 20.2. The Morgan fingerprint density at radius 2 is 0.730 bits per heavy atom. The average molecular weight is 819 g/mol. The molecule has 0 fully saturated rings. The quantitative estimate of drug-likeness (QED) is 0.107. The van der Waals surface area contributed by atoms with Crippen LogP contribution in [0.5, 0.6) is 0 Å². The highest BCUT2D eigenvalue weighted by Crippen LogP contribution is 2.40. The van der Waals surface area contributed by atoms with Crippen LogP contribution in [0.4, 0.5) is 0 Å². The fraction of sp³-hybridized carbons (Fsp3) is 0. The van der Waals surface area contributed by atoms with E-state index in [2.05, 4.69) is 264 Å². The smallest absolute Gasteiger partial charge is 0.179 e. The maximum atomic E-state index is 2.54. The van der Waals surface area contributed by atoms with Gasteiger partial charge in [-0.3, -0.25) is 0 Å². The number of para-hydroxylation sites is 2. The van der Waals surface area contributed by atoms with Gasteiger partial charge in [-0.15, -0.1) is 0 Å². The third-order valence-corrected chi connectivity index (χ3v) is 17.9. The molecular formula is C60H42N2Si. The van der Waals surface area contributed by atoms with Gasteiger partial charge >= 0.3 is 0 Å². The van der Waals surface area contributed by atoms with Gasteiger partial charge in [0.2, 0.25) is 0 Å². The first kappa shape index (κ1) is 36.8. The van der Waals surface area contributed by atoms with E-state index in [1.54, 1.807) is 0 Å². The van der Waals surface area contributed by atoms with E-state index in [1.165, 1.54) is 92.3 Å². The second kappa shape index (κ2) is 15.2. The summed E-state index contributed by atoms with van der Waals surface area (Å²) in [5, 5.41) is 10.4. The standard InChI is InChI=1S/C60H42N2Si/c1-5-20-43(21-6-1)50-28-13-14-29-51(50)44-36-38-45(39-37-44)61-56-33-18-16-31-54(56)60-57(61)34-19-35-58(60)62-55-32-17-15-30-52(55)53-41-40-49(42-59(53)62)63(46-22-7-2-8-23-46,47-24-9-3-10-25-47)48-26-11-4-12-27-48/h1-42H. The van der Waals surface area contributed by atoms with Crippen LogP contribution in [-0.2, 0) is 0 Å². The van der Waals surface area contributed by atoms with E-state index in [1.807, 2.05) is 0 Å². The molecular weight excluding hydrogens is 777 g/mol. The van der Waals surface area contributed by atoms with Crippen molar-refractivity contribution >= 4 is 72.4 Å². The van der Waals surface area contributed by atoms with Crippen molar-refractivity contribution in [1.29, 1.82) is 0 Å². The lowest BCUT2D eigenvalue weighted by Gasteiger charge is -2.34. The third kappa shape index (κ3) is 5.85. The molecule has 0 aliphatic heterocycles. The first-order valence-corrected chi connectivity index (χ1v) is 23.8. The molecule has 63 heavy (non-hydrogen) atoms. The van der Waals surface area contributed by atoms with E-state index in [0.29, 0.717) is 0 Å². The number of fused-ring (bicyclic) bond motifs is 6. The van der Waals surface area contributed by atoms with Crippen molar-refractivity contribution in [1.82, 2.24) is 9.13 Å². The van der Waals surface area contributed by atoms with Crippen LogP contribution < -0.4 is 20.7 Å². The van der Waals surface area contributed by atoms with Gasteiger partial charge in [0.15, 0.2) is 8.07 Å². The van der Waals surface area contributed by atoms with Crippen molar-refractivity contribution in [2.24, 2.45) is 0 Å². The van der Waals surface area contributed by atoms with Gasteiger partial charge < -0.3 is 9.13 Å². The molecule has 0 amide bonds. The minimum Gasteiger partial charge on any atom is -0.309 e. The molecule has 3 heteroatoms. The molecule has 2 heterocycles. The number of benzene rings is 10. The van der Waals surface area contributed by atoms with Gasteiger partial charge in [-0.25, -0.2) is 0 Å². The summed E-state index contributed by atoms with van der Waals surface area (Å²) in [6, 6.07) is 94.2. The Balaban J connectivity index is 1.10. The van der Waals surface area contributed by atoms with Crippen molar-refractivity contribution in [3.05, 3.63) is 255 Å². The first-order valence-electron chi connectivity index (χ1n) is 21.8. The van der Waals surface area contributed by atoms with Crippen LogP contribution >= 0.6 is 0 Å². The van der Waals surface area contributed by atoms with Crippen molar-refractivity contribution < 1.29 is 0 Å². The minimum absolute atomic E-state index is 1.13. The van der Waals surface area contributed by atoms with Gasteiger partial charge in [0, 0.05) is 27.2 Å². The van der Waals surface area contributed by atoms with E-state index in [4.69, 9.17) is 0 Å². The van der Waals surface area contributed by atoms with Crippen LogP contribution in [0.1, 0.15) is 0 Å². The van der Waals surface area contributed by atoms with Crippen molar-refractivity contribution in [2.75, 3.05) is 0 Å². The van der Waals surface area contributed by atoms with E-state index in [9.17, 15) is 0 Å². The molecule has 0 aliphatic rings. The van der Waals surface area contributed by atoms with Crippen molar-refractivity contribution in [3.8, 4) is 33.6 Å². The minimum atomic E-state index is -2.80. The Hall–Kier alpha value is -7.98. The van der Waals surface area contributed by atoms with Crippen LogP contribution in [0.3, 0.4) is 0 Å². The lowest BCUT2D eigenvalue weighted by Crippen LogP contribution is -2.74. The van der Waals surface area contributed by atoms with Crippen molar-refractivity contribution in [3.63, 3.8) is 0 Å². The highest BCUT2D eigenvalue weighted by atomic mass is 28.3. The third-order valence-electron chi connectivity index (χ3n) is 13.1. The summed E-state index contributed by atoms with van der Waals surface area (Å²) in [6.45, 7) is 0. The lowest BCUT2D eigenvalue weighted by molar-refractivity contribution is 1.17. The zero-order valence-electron chi connectivity index (χ0n) is 34.6. The van der Waals surface area contributed by atoms with E-state index in [-0.39, 0.29) is 0 Å². The number of rotatable bonds is 8. The summed E-state index contributed by atoms with van der Waals surface area (Å²) in [5.74, 6) is 0. The Bertz CT molecular complexity index is 3490. The molecule has 0 saturated heterocycles. The number of hydrogen-bond donors (Lipinski definition) is 0. The molecule has 296 valence electrons. The first-order chi connectivity index (χ1) is 31.3. The fourth-order valence-electron chi connectivity index (χ4n) is 10.4. The zero-order valence-corrected chi connectivity index (χ0v) is 35.6. The van der Waals surface area contributed by atoms with Crippen molar-refractivity contribution in [2.45, 2.75) is 0 Å². The SMILES string of the molecule is c1ccc(-c2ccccc2-c2ccc(-n3c4ccccc4c4c(-n5c6ccccc6c6ccc([Si](c7ccccc7)(c7ccccc7)c7ccccc7)cc65)cccc43)cc2)cc1. The summed E-state index contributed by atoms with van der Waals surface area (Å²) in [4.78, 5) is 0. The summed E-state index contributed by atoms with van der Waals surface area (Å²) in [5.41, 5.74) is 11.9. The summed E-state index contributed by atoms with van der Waals surface area (Å²) < 4.78 is 4.98. The molecule has 2 nitrogen and oxygen atoms in total. The summed E-state index contributed by atoms with van der Waals surface area (Å²) >= 11 is 0. The van der Waals surface area contributed by atoms with E-state index >= 15 is 0 Å². The molecule has 0 radical (unpaired) electrons. The van der Waals surface area contributed by atoms with Crippen LogP contribution in [0.25, 0.3) is 77.2 Å². The van der Waals surface area contributed by atoms with Crippen LogP contribution in [0, 0.1) is 0 Å². The van der Waals surface area contributed by atoms with Gasteiger partial charge in [-0.05, 0) is 85.5 Å². The molecule has 0 N–H and O–H groups in total. The van der Waals surface area contributed by atoms with E-state index < -0.39 is 8.07 Å². The Kier molecular flexibility index (Phi) is 8.87. The molecule has 12 aromatic rings. The maximum absolute atomic E-state index is 2.80. The monoisotopic (exact) mass is 818 g/mol. The molecule has 0 aliphatic carbocycles. The zero-order chi connectivity index (χ0) is 41.7. The predicted molar refractivity (Wildman–Crippen MR) is 270 cm³/mol. The van der Waals surface area contributed by atoms with Gasteiger partial charge in [0.05, 0.1) is 27.8 Å². The normalized spacial score (nSPS) is 11.8. The summed E-state index contributed by atoms with van der Waals surface area (Å²) in [7, 11) is -2.80. The van der Waals surface area contributed by atoms with E-state index in [0.717, 1.165) is 5.69 Å². The topological polar surface area (TPSA) is 9.86 Å². The van der Waals surface area contributed by atoms with Gasteiger partial charge in [0.1, 0.15) is 0 Å². The van der Waals surface area contributed by atoms with Gasteiger partial charge in [-0.2, -0.15) is 0 Å². The Morgan fingerprint density at radius 1 is 0.270 bits per heavy atom. The second-order valence-electron chi connectivity index (χ2n) is 16.4. The van der Waals surface area contributed by atoms with Crippen LogP contribution in [0.2, 0.25) is 0 Å². The number of nitrogens with zero attached hydrogens (tertiary/aromatic N) is 2. The predicted octanol–water partition coefficient (Wildman–Crippen LogP) is 12.6. The molecule has 0 bridgehead atoms. The summed E-state index contributed by atoms with van der Waals surface area (Å²) in [6.07, 6.45) is 0. The Labute approximate surface area is 368 Å². The number of aromatic nitrogens is 2. The lowest BCUT2D eigenvalue weighted by atomic mass is 9.94. The fourth-order valence-corrected chi connectivity index (χ4v) is 15.2. The highest BCUT2D eigenvalue weighted by molar-refractivity contribution is 7.20. The van der Waals surface area contributed by atoms with Gasteiger partial charge in [-0.1, -0.05) is 212 Å². The molecule has 10 aromatic carbocycles. The Morgan fingerprint density at radius 3 is 1.33 bits per heavy atom. The number of hydrogen-bond acceptors (Lipinski definition) is 0.